The number of amides is 20. The second kappa shape index (κ2) is 62.6. The third-order valence-electron chi connectivity index (χ3n) is 23.1. The molecule has 6 rings (SSSR count). The monoisotopic (exact) mass is 2040 g/mol. The molecule has 0 aliphatic carbocycles. The molecule has 143 heavy (non-hydrogen) atoms. The minimum atomic E-state index is -1.90. The number of carbonyl (C=O) groups excluding carboxylic acids is 17. The van der Waals surface area contributed by atoms with Gasteiger partial charge in [0.25, 0.3) is 0 Å². The zero-order chi connectivity index (χ0) is 105. The van der Waals surface area contributed by atoms with E-state index >= 15 is 57.5 Å². The summed E-state index contributed by atoms with van der Waals surface area (Å²) < 4.78 is 0. The molecule has 4 aromatic rings. The number of nitrogens with two attached hydrogens (primary N) is 10. The molecule has 0 unspecified atom stereocenters. The maximum Gasteiger partial charge on any atom is 0.312 e. The molecule has 51 nitrogen and oxygen atoms in total. The van der Waals surface area contributed by atoms with Crippen LogP contribution in [0.1, 0.15) is 145 Å². The fourth-order valence-electron chi connectivity index (χ4n) is 15.5. The number of benzene rings is 4. The van der Waals surface area contributed by atoms with Crippen LogP contribution in [-0.4, -0.2) is 289 Å². The number of hydrogen-bond acceptors (Lipinski definition) is 27. The lowest BCUT2D eigenvalue weighted by Gasteiger charge is -2.31. The predicted molar refractivity (Wildman–Crippen MR) is 535 cm³/mol. The molecule has 20 amide bonds. The molecule has 0 radical (unpaired) electrons. The van der Waals surface area contributed by atoms with Gasteiger partial charge in [-0.05, 0) is 193 Å². The molecule has 2 saturated heterocycles. The fraction of sp³-hybridized carbons (Fsp3) is 0.533. The van der Waals surface area contributed by atoms with Crippen LogP contribution in [0, 0.1) is 16.2 Å². The van der Waals surface area contributed by atoms with Gasteiger partial charge in [0.1, 0.15) is 90.0 Å². The third kappa shape index (κ3) is 43.7. The van der Waals surface area contributed by atoms with Crippen LogP contribution < -0.4 is 153 Å². The molecule has 0 bridgehead atoms. The number of urea groups is 3. The van der Waals surface area contributed by atoms with Gasteiger partial charge in [-0.15, -0.1) is 0 Å². The van der Waals surface area contributed by atoms with E-state index in [-0.39, 0.29) is 198 Å². The van der Waals surface area contributed by atoms with Crippen LogP contribution in [0.5, 0.6) is 11.5 Å². The number of phenols is 2. The summed E-state index contributed by atoms with van der Waals surface area (Å²) in [4.78, 5) is 249. The van der Waals surface area contributed by atoms with Gasteiger partial charge in [0.05, 0.1) is 6.04 Å². The lowest BCUT2D eigenvalue weighted by Crippen LogP contribution is -2.61. The van der Waals surface area contributed by atoms with Gasteiger partial charge in [0, 0.05) is 76.6 Å². The summed E-state index contributed by atoms with van der Waals surface area (Å²) in [5.41, 5.74) is 58.2. The molecule has 2 fully saturated rings. The van der Waals surface area contributed by atoms with Crippen molar-refractivity contribution in [3.63, 3.8) is 0 Å². The van der Waals surface area contributed by atoms with Gasteiger partial charge in [-0.3, -0.25) is 83.4 Å². The van der Waals surface area contributed by atoms with Gasteiger partial charge in [0.15, 0.2) is 17.9 Å². The molecule has 0 aromatic heterocycles. The van der Waals surface area contributed by atoms with E-state index in [0.717, 1.165) is 27.0 Å². The first-order valence-corrected chi connectivity index (χ1v) is 49.7. The molecule has 53 heteroatoms. The minimum absolute atomic E-state index is 0.000449. The average molecular weight is 2040 g/mol. The molecule has 2 heterocycles. The van der Waals surface area contributed by atoms with Crippen LogP contribution >= 0.6 is 21.6 Å². The lowest BCUT2D eigenvalue weighted by atomic mass is 10.00. The Hall–Kier alpha value is -14.5. The average Bonchev–Trinajstić information content (AvgIpc) is 1.48. The van der Waals surface area contributed by atoms with Crippen molar-refractivity contribution in [2.24, 2.45) is 57.3 Å². The molecule has 2 aliphatic rings. The molecule has 4 aromatic carbocycles. The summed E-state index contributed by atoms with van der Waals surface area (Å²) in [6.07, 6.45) is -1.54. The van der Waals surface area contributed by atoms with Crippen molar-refractivity contribution < 1.29 is 91.7 Å². The Bertz CT molecular complexity index is 4980. The highest BCUT2D eigenvalue weighted by atomic mass is 33.1. The molecule has 0 saturated carbocycles. The molecular weight excluding hydrogens is 1900 g/mol. The first kappa shape index (κ1) is 117. The minimum Gasteiger partial charge on any atom is -0.508 e. The highest BCUT2D eigenvalue weighted by Crippen LogP contribution is 2.27. The lowest BCUT2D eigenvalue weighted by molar-refractivity contribution is -0.142. The Morgan fingerprint density at radius 1 is 0.406 bits per heavy atom. The van der Waals surface area contributed by atoms with Crippen LogP contribution in [0.25, 0.3) is 10.8 Å². The Morgan fingerprint density at radius 3 is 1.29 bits per heavy atom. The molecule has 43 N–H and O–H groups in total. The SMILES string of the molecule is N=C(N)NCCC[C@H](NC(=O)[C@@H]1CSSC[C@H](NC(=O)[C@H](Cc2ccc3ccccc3c2)NC(=O)[C@H](CCCNC(=N)N)NC(=O)[C@@H](N)CCCNC(N)=O)C(=O)N[C@@H](Cc2ccc(O)cc2)C(=O)N[C@@H](CCCNC(=N)N)C(=O)N[C@@H](CCCCN)C(=O)N[C@H](CCCCN)C(=O)N2CCC[C@H]2C(=O)N[C@@H](Cc2ccc(O)cc2)C(=O)N[C@@H](CCCNC(N)=O)C(=O)N[C@@H](CCCNC(N)=O)C(=O)N1)C(N)=O. The second-order valence-electron chi connectivity index (χ2n) is 34.4. The van der Waals surface area contributed by atoms with Crippen molar-refractivity contribution in [1.29, 1.82) is 16.2 Å². The maximum absolute atomic E-state index is 16.0. The van der Waals surface area contributed by atoms with Gasteiger partial charge >= 0.3 is 18.1 Å². The largest absolute Gasteiger partial charge is 0.508 e. The summed E-state index contributed by atoms with van der Waals surface area (Å²) >= 11 is 0. The van der Waals surface area contributed by atoms with Crippen molar-refractivity contribution in [1.82, 2.24) is 101 Å². The molecule has 14 atom stereocenters. The van der Waals surface area contributed by atoms with Gasteiger partial charge in [-0.25, -0.2) is 14.4 Å². The maximum atomic E-state index is 16.0. The topological polar surface area (TPSA) is 882 Å². The number of fused-ring (bicyclic) bond motifs is 2. The Labute approximate surface area is 834 Å². The number of guanidine groups is 3. The van der Waals surface area contributed by atoms with Gasteiger partial charge < -0.3 is 168 Å². The number of rotatable bonds is 47. The van der Waals surface area contributed by atoms with Crippen LogP contribution in [0.3, 0.4) is 0 Å². The van der Waals surface area contributed by atoms with E-state index in [4.69, 9.17) is 73.6 Å². The van der Waals surface area contributed by atoms with E-state index in [9.17, 15) is 34.2 Å². The quantitative estimate of drug-likeness (QED) is 0.00847. The highest BCUT2D eigenvalue weighted by Gasteiger charge is 2.43. The summed E-state index contributed by atoms with van der Waals surface area (Å²) in [7, 11) is 1.50. The number of nitrogens with one attached hydrogen (secondary N) is 21. The van der Waals surface area contributed by atoms with E-state index in [1.165, 1.54) is 53.4 Å². The number of nitrogens with zero attached hydrogens (tertiary/aromatic N) is 1. The first-order chi connectivity index (χ1) is 68.2. The number of unbranched alkanes of at least 4 members (excludes halogenated alkanes) is 2. The number of carbonyl (C=O) groups is 17. The molecule has 786 valence electrons. The van der Waals surface area contributed by atoms with Crippen molar-refractivity contribution in [3.8, 4) is 11.5 Å². The highest BCUT2D eigenvalue weighted by molar-refractivity contribution is 8.76. The molecule has 2 aliphatic heterocycles. The summed E-state index contributed by atoms with van der Waals surface area (Å²) in [5.74, 6) is -17.1. The van der Waals surface area contributed by atoms with Crippen molar-refractivity contribution in [2.45, 2.75) is 232 Å². The van der Waals surface area contributed by atoms with Crippen LogP contribution in [-0.2, 0) is 86.4 Å². The first-order valence-electron chi connectivity index (χ1n) is 47.2. The van der Waals surface area contributed by atoms with Gasteiger partial charge in [0.2, 0.25) is 82.7 Å². The summed E-state index contributed by atoms with van der Waals surface area (Å²) in [5, 5.41) is 93.2. The molecular formula is C90H140N32O19S2. The third-order valence-corrected chi connectivity index (χ3v) is 25.5. The van der Waals surface area contributed by atoms with Gasteiger partial charge in [-0.1, -0.05) is 88.3 Å². The van der Waals surface area contributed by atoms with E-state index in [1.54, 1.807) is 36.4 Å². The van der Waals surface area contributed by atoms with Crippen molar-refractivity contribution in [3.05, 3.63) is 108 Å². The summed E-state index contributed by atoms with van der Waals surface area (Å²) in [6, 6.07) is -2.21. The number of hydrogen-bond donors (Lipinski definition) is 33. The normalized spacial score (nSPS) is 20.2. The smallest absolute Gasteiger partial charge is 0.312 e. The Kier molecular flexibility index (Phi) is 51.4. The fourth-order valence-corrected chi connectivity index (χ4v) is 17.8. The number of aromatic hydroxyl groups is 2. The van der Waals surface area contributed by atoms with E-state index < -0.39 is 228 Å². The van der Waals surface area contributed by atoms with Gasteiger partial charge in [-0.2, -0.15) is 0 Å². The Morgan fingerprint density at radius 2 is 0.804 bits per heavy atom. The zero-order valence-electron chi connectivity index (χ0n) is 79.7. The second-order valence-corrected chi connectivity index (χ2v) is 37.0. The van der Waals surface area contributed by atoms with Crippen molar-refractivity contribution >= 4 is 151 Å². The van der Waals surface area contributed by atoms with E-state index in [0.29, 0.717) is 29.4 Å². The van der Waals surface area contributed by atoms with Crippen molar-refractivity contribution in [2.75, 3.05) is 70.4 Å². The standard InChI is InChI=1S/C90H140N32O19S2/c91-35-5-3-17-59-75(129)116-64(18-4-6-36-92)84(138)122-43-13-24-70(122)83(137)119-66(46-51-28-33-56(124)34-29-51)79(133)115-62(22-11-41-108-89(102)140)74(128)113-63(23-12-42-109-90(103)141)77(131)120-68(81(135)110-58(71(94)125)19-8-37-104-85(95)96)48-142-143-49-69(82(136)118-65(45-50-26-31-55(123)32-27-50)78(132)114-61(73(127)112-59)21-10-39-106-87(99)100)121-80(134)67(47-52-25-30-53-14-1-2-15-54(53)44-52)117-76(130)60(20-9-38-105-86(97)98)111-72(126)57(93)16-7-40-107-88(101)139/h1-2,14-15,25-34,44,57-70,123-124H,3-13,16-24,35-43,45-49,91-93H2,(H2,94,125)(H,110,135)(H,111,126)(H,112,127)(H,113,128)(H,114,132)(H,115,133)(H,116,129)(H,117,130)(H,118,136)(H,119,137)(H,120,131)(H,121,134)(H4,95,96,104)(H4,97,98,105)(H4,99,100,106)(H3,101,107,139)(H3,102,108,140)(H3,103,109,141)/t57-,58-,59-,60-,61-,62-,63-,64+,65-,66-,67-,68-,69-,70-/m0/s1. The number of phenolic OH excluding ortho intramolecular Hbond substituents is 2. The van der Waals surface area contributed by atoms with Crippen LogP contribution in [0.15, 0.2) is 91.0 Å². The van der Waals surface area contributed by atoms with E-state index in [1.807, 2.05) is 6.07 Å². The molecule has 0 spiro atoms. The summed E-state index contributed by atoms with van der Waals surface area (Å²) in [6.45, 7) is -0.260. The predicted octanol–water partition coefficient (Wildman–Crippen LogP) is -6.31. The zero-order valence-corrected chi connectivity index (χ0v) is 81.3. The number of primary amides is 4. The van der Waals surface area contributed by atoms with E-state index in [2.05, 4.69) is 95.7 Å². The van der Waals surface area contributed by atoms with Crippen LogP contribution in [0.2, 0.25) is 0 Å². The Balaban J connectivity index is 1.61. The van der Waals surface area contributed by atoms with Crippen LogP contribution in [0.4, 0.5) is 14.4 Å².